The fraction of sp³-hybridized carbons (Fsp3) is 0.364. The zero-order valence-corrected chi connectivity index (χ0v) is 11.9. The SMILES string of the molecule is CC(=O)N(C)CCNS(=O)(=O)c1cccc([N+](=O)[O-])c1. The summed E-state index contributed by atoms with van der Waals surface area (Å²) in [6, 6.07) is 4.76. The number of carbonyl (C=O) groups excluding carboxylic acids is 1. The molecule has 1 aromatic rings. The summed E-state index contributed by atoms with van der Waals surface area (Å²) in [4.78, 5) is 22.1. The monoisotopic (exact) mass is 301 g/mol. The van der Waals surface area contributed by atoms with Gasteiger partial charge < -0.3 is 4.90 Å². The zero-order chi connectivity index (χ0) is 15.3. The number of likely N-dealkylation sites (N-methyl/N-ethyl adjacent to an activating group) is 1. The van der Waals surface area contributed by atoms with Crippen molar-refractivity contribution in [3.63, 3.8) is 0 Å². The first-order valence-electron chi connectivity index (χ1n) is 5.70. The molecule has 20 heavy (non-hydrogen) atoms. The van der Waals surface area contributed by atoms with Gasteiger partial charge in [-0.15, -0.1) is 0 Å². The molecule has 0 bridgehead atoms. The second-order valence-corrected chi connectivity index (χ2v) is 5.86. The van der Waals surface area contributed by atoms with Crippen molar-refractivity contribution in [3.05, 3.63) is 34.4 Å². The van der Waals surface area contributed by atoms with Crippen LogP contribution in [0.3, 0.4) is 0 Å². The molecule has 0 radical (unpaired) electrons. The van der Waals surface area contributed by atoms with Gasteiger partial charge in [0.1, 0.15) is 0 Å². The molecule has 0 atom stereocenters. The highest BCUT2D eigenvalue weighted by Crippen LogP contribution is 2.16. The van der Waals surface area contributed by atoms with Gasteiger partial charge in [0.15, 0.2) is 0 Å². The third kappa shape index (κ3) is 4.28. The Morgan fingerprint density at radius 3 is 2.65 bits per heavy atom. The van der Waals surface area contributed by atoms with E-state index in [4.69, 9.17) is 0 Å². The van der Waals surface area contributed by atoms with Crippen LogP contribution in [0.15, 0.2) is 29.2 Å². The van der Waals surface area contributed by atoms with Crippen LogP contribution in [0.25, 0.3) is 0 Å². The molecule has 0 fully saturated rings. The Morgan fingerprint density at radius 1 is 1.45 bits per heavy atom. The fourth-order valence-electron chi connectivity index (χ4n) is 1.35. The van der Waals surface area contributed by atoms with Crippen LogP contribution in [0, 0.1) is 10.1 Å². The van der Waals surface area contributed by atoms with Gasteiger partial charge in [-0.25, -0.2) is 13.1 Å². The Hall–Kier alpha value is -2.00. The molecule has 110 valence electrons. The summed E-state index contributed by atoms with van der Waals surface area (Å²) in [5.41, 5.74) is -0.297. The largest absolute Gasteiger partial charge is 0.345 e. The van der Waals surface area contributed by atoms with Crippen LogP contribution in [-0.4, -0.2) is 44.3 Å². The van der Waals surface area contributed by atoms with Gasteiger partial charge in [0.2, 0.25) is 15.9 Å². The van der Waals surface area contributed by atoms with Crippen LogP contribution >= 0.6 is 0 Å². The molecule has 1 aromatic carbocycles. The van der Waals surface area contributed by atoms with Gasteiger partial charge in [-0.05, 0) is 6.07 Å². The van der Waals surface area contributed by atoms with E-state index in [0.717, 1.165) is 6.07 Å². The molecule has 0 aromatic heterocycles. The smallest absolute Gasteiger partial charge is 0.270 e. The maximum Gasteiger partial charge on any atom is 0.270 e. The second kappa shape index (κ2) is 6.44. The number of carbonyl (C=O) groups is 1. The van der Waals surface area contributed by atoms with Gasteiger partial charge in [-0.1, -0.05) is 6.07 Å². The molecular weight excluding hydrogens is 286 g/mol. The van der Waals surface area contributed by atoms with E-state index in [2.05, 4.69) is 4.72 Å². The molecule has 0 saturated heterocycles. The number of nitrogens with one attached hydrogen (secondary N) is 1. The van der Waals surface area contributed by atoms with Crippen molar-refractivity contribution < 1.29 is 18.1 Å². The summed E-state index contributed by atoms with van der Waals surface area (Å²) in [5, 5.41) is 10.6. The van der Waals surface area contributed by atoms with Gasteiger partial charge in [0, 0.05) is 39.2 Å². The fourth-order valence-corrected chi connectivity index (χ4v) is 2.41. The first kappa shape index (κ1) is 16.1. The van der Waals surface area contributed by atoms with E-state index in [1.807, 2.05) is 0 Å². The van der Waals surface area contributed by atoms with Gasteiger partial charge >= 0.3 is 0 Å². The lowest BCUT2D eigenvalue weighted by atomic mass is 10.3. The van der Waals surface area contributed by atoms with Crippen molar-refractivity contribution >= 4 is 21.6 Å². The normalized spacial score (nSPS) is 11.1. The minimum absolute atomic E-state index is 0.0289. The maximum atomic E-state index is 11.9. The average molecular weight is 301 g/mol. The highest BCUT2D eigenvalue weighted by Gasteiger charge is 2.17. The van der Waals surface area contributed by atoms with E-state index in [-0.39, 0.29) is 29.6 Å². The lowest BCUT2D eigenvalue weighted by molar-refractivity contribution is -0.385. The third-order valence-electron chi connectivity index (χ3n) is 2.62. The van der Waals surface area contributed by atoms with Crippen molar-refractivity contribution in [2.75, 3.05) is 20.1 Å². The Kier molecular flexibility index (Phi) is 5.17. The number of amides is 1. The Morgan fingerprint density at radius 2 is 2.10 bits per heavy atom. The molecule has 1 rings (SSSR count). The lowest BCUT2D eigenvalue weighted by Gasteiger charge is -2.15. The predicted molar refractivity (Wildman–Crippen MR) is 71.6 cm³/mol. The van der Waals surface area contributed by atoms with Crippen molar-refractivity contribution in [3.8, 4) is 0 Å². The van der Waals surface area contributed by atoms with E-state index >= 15 is 0 Å². The van der Waals surface area contributed by atoms with Crippen molar-refractivity contribution in [2.24, 2.45) is 0 Å². The van der Waals surface area contributed by atoms with Crippen LogP contribution in [0.1, 0.15) is 6.92 Å². The Bertz CT molecular complexity index is 614. The minimum atomic E-state index is -3.83. The Labute approximate surface area is 116 Å². The van der Waals surface area contributed by atoms with E-state index in [1.54, 1.807) is 7.05 Å². The lowest BCUT2D eigenvalue weighted by Crippen LogP contribution is -2.35. The number of nitro benzene ring substituents is 1. The summed E-state index contributed by atoms with van der Waals surface area (Å²) in [7, 11) is -2.28. The third-order valence-corrected chi connectivity index (χ3v) is 4.07. The van der Waals surface area contributed by atoms with Crippen molar-refractivity contribution in [1.29, 1.82) is 0 Å². The number of nitrogens with zero attached hydrogens (tertiary/aromatic N) is 2. The molecule has 0 heterocycles. The average Bonchev–Trinajstić information content (AvgIpc) is 2.38. The molecule has 0 saturated carbocycles. The van der Waals surface area contributed by atoms with Crippen LogP contribution in [0.4, 0.5) is 5.69 Å². The van der Waals surface area contributed by atoms with Crippen molar-refractivity contribution in [1.82, 2.24) is 9.62 Å². The first-order chi connectivity index (χ1) is 9.24. The van der Waals surface area contributed by atoms with E-state index in [9.17, 15) is 23.3 Å². The number of hydrogen-bond acceptors (Lipinski definition) is 5. The van der Waals surface area contributed by atoms with Gasteiger partial charge in [0.25, 0.3) is 5.69 Å². The number of non-ortho nitro benzene ring substituents is 1. The van der Waals surface area contributed by atoms with Crippen LogP contribution in [0.2, 0.25) is 0 Å². The second-order valence-electron chi connectivity index (χ2n) is 4.09. The number of sulfonamides is 1. The van der Waals surface area contributed by atoms with Gasteiger partial charge in [-0.3, -0.25) is 14.9 Å². The number of nitro groups is 1. The van der Waals surface area contributed by atoms with Gasteiger partial charge in [-0.2, -0.15) is 0 Å². The standard InChI is InChI=1S/C11H15N3O5S/c1-9(15)13(2)7-6-12-20(18,19)11-5-3-4-10(8-11)14(16)17/h3-5,8,12H,6-7H2,1-2H3. The predicted octanol–water partition coefficient (Wildman–Crippen LogP) is 0.351. The topological polar surface area (TPSA) is 110 Å². The van der Waals surface area contributed by atoms with Crippen LogP contribution in [-0.2, 0) is 14.8 Å². The molecule has 0 aliphatic carbocycles. The molecule has 9 heteroatoms. The number of hydrogen-bond donors (Lipinski definition) is 1. The van der Waals surface area contributed by atoms with Crippen LogP contribution in [0.5, 0.6) is 0 Å². The van der Waals surface area contributed by atoms with E-state index in [1.165, 1.54) is 30.0 Å². The molecule has 0 unspecified atom stereocenters. The molecule has 0 aliphatic rings. The molecule has 1 amide bonds. The first-order valence-corrected chi connectivity index (χ1v) is 7.18. The highest BCUT2D eigenvalue weighted by atomic mass is 32.2. The van der Waals surface area contributed by atoms with Gasteiger partial charge in [0.05, 0.1) is 9.82 Å². The molecular formula is C11H15N3O5S. The molecule has 0 aliphatic heterocycles. The number of rotatable bonds is 6. The molecule has 1 N–H and O–H groups in total. The summed E-state index contributed by atoms with van der Waals surface area (Å²) in [5.74, 6) is -0.181. The quantitative estimate of drug-likeness (QED) is 0.602. The van der Waals surface area contributed by atoms with E-state index in [0.29, 0.717) is 0 Å². The highest BCUT2D eigenvalue weighted by molar-refractivity contribution is 7.89. The summed E-state index contributed by atoms with van der Waals surface area (Å²) >= 11 is 0. The number of benzene rings is 1. The summed E-state index contributed by atoms with van der Waals surface area (Å²) in [6.45, 7) is 1.61. The minimum Gasteiger partial charge on any atom is -0.345 e. The van der Waals surface area contributed by atoms with Crippen molar-refractivity contribution in [2.45, 2.75) is 11.8 Å². The molecule has 8 nitrogen and oxygen atoms in total. The maximum absolute atomic E-state index is 11.9. The summed E-state index contributed by atoms with van der Waals surface area (Å²) < 4.78 is 26.1. The summed E-state index contributed by atoms with van der Waals surface area (Å²) in [6.07, 6.45) is 0. The van der Waals surface area contributed by atoms with Crippen LogP contribution < -0.4 is 4.72 Å². The zero-order valence-electron chi connectivity index (χ0n) is 11.1. The molecule has 0 spiro atoms. The van der Waals surface area contributed by atoms with E-state index < -0.39 is 14.9 Å². The Balaban J connectivity index is 2.76.